The van der Waals surface area contributed by atoms with Gasteiger partial charge in [0.25, 0.3) is 11.8 Å². The van der Waals surface area contributed by atoms with Crippen LogP contribution in [0.15, 0.2) is 48.5 Å². The van der Waals surface area contributed by atoms with Crippen molar-refractivity contribution in [2.45, 2.75) is 26.3 Å². The van der Waals surface area contributed by atoms with E-state index in [9.17, 15) is 14.4 Å². The summed E-state index contributed by atoms with van der Waals surface area (Å²) in [6.07, 6.45) is 0.320. The van der Waals surface area contributed by atoms with Crippen LogP contribution in [0.4, 0.5) is 0 Å². The Morgan fingerprint density at radius 2 is 1.44 bits per heavy atom. The molecule has 0 saturated carbocycles. The largest absolute Gasteiger partial charge is 0.497 e. The van der Waals surface area contributed by atoms with Gasteiger partial charge in [-0.15, -0.1) is 0 Å². The van der Waals surface area contributed by atoms with E-state index in [4.69, 9.17) is 9.47 Å². The summed E-state index contributed by atoms with van der Waals surface area (Å²) in [5.74, 6) is -0.521. The second kappa shape index (κ2) is 7.61. The lowest BCUT2D eigenvalue weighted by Crippen LogP contribution is -2.47. The lowest BCUT2D eigenvalue weighted by Gasteiger charge is -2.25. The van der Waals surface area contributed by atoms with Crippen molar-refractivity contribution >= 4 is 17.8 Å². The first kappa shape index (κ1) is 18.6. The standard InChI is InChI=1S/C21H21NO5/c1-13(2)12-18(21(25)27-15-10-8-14(26-3)9-11-15)22-19(23)16-6-4-5-7-17(16)20(22)24/h4-11,13,18H,12H2,1-3H3/t18-/m0/s1. The van der Waals surface area contributed by atoms with Crippen molar-refractivity contribution in [2.24, 2.45) is 5.92 Å². The number of benzene rings is 2. The minimum absolute atomic E-state index is 0.0859. The van der Waals surface area contributed by atoms with E-state index in [-0.39, 0.29) is 5.92 Å². The zero-order valence-electron chi connectivity index (χ0n) is 15.5. The summed E-state index contributed by atoms with van der Waals surface area (Å²) >= 11 is 0. The van der Waals surface area contributed by atoms with Crippen molar-refractivity contribution in [3.05, 3.63) is 59.7 Å². The molecule has 6 nitrogen and oxygen atoms in total. The molecule has 0 spiro atoms. The summed E-state index contributed by atoms with van der Waals surface area (Å²) < 4.78 is 10.5. The van der Waals surface area contributed by atoms with Crippen LogP contribution in [0, 0.1) is 5.92 Å². The van der Waals surface area contributed by atoms with E-state index in [2.05, 4.69) is 0 Å². The summed E-state index contributed by atoms with van der Waals surface area (Å²) in [6.45, 7) is 3.84. The van der Waals surface area contributed by atoms with Crippen LogP contribution in [-0.4, -0.2) is 35.8 Å². The van der Waals surface area contributed by atoms with Crippen LogP contribution in [0.2, 0.25) is 0 Å². The second-order valence-electron chi connectivity index (χ2n) is 6.77. The van der Waals surface area contributed by atoms with Gasteiger partial charge in [-0.25, -0.2) is 4.79 Å². The van der Waals surface area contributed by atoms with Gasteiger partial charge in [0.2, 0.25) is 0 Å². The highest BCUT2D eigenvalue weighted by Gasteiger charge is 2.43. The van der Waals surface area contributed by atoms with Crippen LogP contribution in [0.1, 0.15) is 41.0 Å². The topological polar surface area (TPSA) is 72.9 Å². The number of hydrogen-bond acceptors (Lipinski definition) is 5. The quantitative estimate of drug-likeness (QED) is 0.445. The molecule has 140 valence electrons. The normalized spacial score (nSPS) is 14.3. The minimum atomic E-state index is -0.987. The molecule has 1 atom stereocenters. The Labute approximate surface area is 157 Å². The molecule has 0 aromatic heterocycles. The molecule has 0 bridgehead atoms. The van der Waals surface area contributed by atoms with Crippen molar-refractivity contribution in [1.82, 2.24) is 4.90 Å². The maximum atomic E-state index is 12.8. The first-order valence-electron chi connectivity index (χ1n) is 8.75. The highest BCUT2D eigenvalue weighted by molar-refractivity contribution is 6.22. The summed E-state index contributed by atoms with van der Waals surface area (Å²) in [5, 5.41) is 0. The predicted octanol–water partition coefficient (Wildman–Crippen LogP) is 3.31. The molecule has 0 fully saturated rings. The van der Waals surface area contributed by atoms with Crippen LogP contribution in [0.3, 0.4) is 0 Å². The highest BCUT2D eigenvalue weighted by Crippen LogP contribution is 2.28. The number of hydrogen-bond donors (Lipinski definition) is 0. The maximum Gasteiger partial charge on any atom is 0.334 e. The molecule has 0 aliphatic carbocycles. The first-order valence-corrected chi connectivity index (χ1v) is 8.75. The third-order valence-electron chi connectivity index (χ3n) is 4.38. The SMILES string of the molecule is COc1ccc(OC(=O)[C@H](CC(C)C)N2C(=O)c3ccccc3C2=O)cc1. The Hall–Kier alpha value is -3.15. The van der Waals surface area contributed by atoms with E-state index >= 15 is 0 Å². The summed E-state index contributed by atoms with van der Waals surface area (Å²) in [6, 6.07) is 12.1. The molecule has 0 unspecified atom stereocenters. The van der Waals surface area contributed by atoms with Gasteiger partial charge in [0.1, 0.15) is 17.5 Å². The van der Waals surface area contributed by atoms with Gasteiger partial charge in [0, 0.05) is 0 Å². The molecule has 0 N–H and O–H groups in total. The van der Waals surface area contributed by atoms with Crippen LogP contribution in [-0.2, 0) is 4.79 Å². The number of nitrogens with zero attached hydrogens (tertiary/aromatic N) is 1. The number of fused-ring (bicyclic) bond motifs is 1. The number of esters is 1. The zero-order valence-corrected chi connectivity index (χ0v) is 15.5. The molecule has 2 amide bonds. The van der Waals surface area contributed by atoms with E-state index in [1.807, 2.05) is 13.8 Å². The molecule has 1 aliphatic rings. The molecular formula is C21H21NO5. The molecule has 27 heavy (non-hydrogen) atoms. The first-order chi connectivity index (χ1) is 12.9. The van der Waals surface area contributed by atoms with Crippen molar-refractivity contribution in [2.75, 3.05) is 7.11 Å². The van der Waals surface area contributed by atoms with Crippen molar-refractivity contribution in [3.63, 3.8) is 0 Å². The minimum Gasteiger partial charge on any atom is -0.497 e. The summed E-state index contributed by atoms with van der Waals surface area (Å²) in [7, 11) is 1.54. The van der Waals surface area contributed by atoms with E-state index in [1.165, 1.54) is 0 Å². The molecular weight excluding hydrogens is 346 g/mol. The molecule has 0 saturated heterocycles. The molecule has 2 aromatic rings. The van der Waals surface area contributed by atoms with Gasteiger partial charge in [-0.3, -0.25) is 14.5 Å². The lowest BCUT2D eigenvalue weighted by molar-refractivity contribution is -0.139. The van der Waals surface area contributed by atoms with Crippen LogP contribution in [0.25, 0.3) is 0 Å². The van der Waals surface area contributed by atoms with Gasteiger partial charge in [-0.05, 0) is 48.7 Å². The second-order valence-corrected chi connectivity index (χ2v) is 6.77. The number of methoxy groups -OCH3 is 1. The fraction of sp³-hybridized carbons (Fsp3) is 0.286. The molecule has 3 rings (SSSR count). The van der Waals surface area contributed by atoms with Crippen molar-refractivity contribution in [1.29, 1.82) is 0 Å². The number of amides is 2. The number of rotatable bonds is 6. The average molecular weight is 367 g/mol. The molecule has 0 radical (unpaired) electrons. The lowest BCUT2D eigenvalue weighted by atomic mass is 10.0. The van der Waals surface area contributed by atoms with Gasteiger partial charge in [-0.1, -0.05) is 26.0 Å². The van der Waals surface area contributed by atoms with E-state index < -0.39 is 23.8 Å². The van der Waals surface area contributed by atoms with Crippen molar-refractivity contribution < 1.29 is 23.9 Å². The molecule has 2 aromatic carbocycles. The molecule has 1 aliphatic heterocycles. The van der Waals surface area contributed by atoms with E-state index in [0.29, 0.717) is 29.0 Å². The smallest absolute Gasteiger partial charge is 0.334 e. The van der Waals surface area contributed by atoms with Gasteiger partial charge in [0.05, 0.1) is 18.2 Å². The third kappa shape index (κ3) is 3.69. The van der Waals surface area contributed by atoms with E-state index in [1.54, 1.807) is 55.6 Å². The Bertz CT molecular complexity index is 837. The van der Waals surface area contributed by atoms with Gasteiger partial charge in [-0.2, -0.15) is 0 Å². The van der Waals surface area contributed by atoms with Gasteiger partial charge >= 0.3 is 5.97 Å². The summed E-state index contributed by atoms with van der Waals surface area (Å²) in [4.78, 5) is 39.4. The Morgan fingerprint density at radius 1 is 0.926 bits per heavy atom. The Morgan fingerprint density at radius 3 is 1.93 bits per heavy atom. The fourth-order valence-electron chi connectivity index (χ4n) is 3.07. The van der Waals surface area contributed by atoms with Crippen molar-refractivity contribution in [3.8, 4) is 11.5 Å². The Balaban J connectivity index is 1.86. The molecule has 6 heteroatoms. The van der Waals surface area contributed by atoms with E-state index in [0.717, 1.165) is 4.90 Å². The number of imide groups is 1. The van der Waals surface area contributed by atoms with Gasteiger partial charge in [0.15, 0.2) is 0 Å². The van der Waals surface area contributed by atoms with Crippen LogP contribution < -0.4 is 9.47 Å². The molecule has 1 heterocycles. The van der Waals surface area contributed by atoms with Gasteiger partial charge < -0.3 is 9.47 Å². The number of carbonyl (C=O) groups is 3. The summed E-state index contributed by atoms with van der Waals surface area (Å²) in [5.41, 5.74) is 0.627. The fourth-order valence-corrected chi connectivity index (χ4v) is 3.07. The third-order valence-corrected chi connectivity index (χ3v) is 4.38. The maximum absolute atomic E-state index is 12.8. The number of carbonyl (C=O) groups excluding carboxylic acids is 3. The number of ether oxygens (including phenoxy) is 2. The van der Waals surface area contributed by atoms with Crippen LogP contribution in [0.5, 0.6) is 11.5 Å². The average Bonchev–Trinajstić information content (AvgIpc) is 2.91. The van der Waals surface area contributed by atoms with Crippen LogP contribution >= 0.6 is 0 Å². The monoisotopic (exact) mass is 367 g/mol. The zero-order chi connectivity index (χ0) is 19.6. The highest BCUT2D eigenvalue weighted by atomic mass is 16.5. The predicted molar refractivity (Wildman–Crippen MR) is 98.8 cm³/mol. The Kier molecular flexibility index (Phi) is 5.26.